The van der Waals surface area contributed by atoms with Crippen molar-refractivity contribution in [1.82, 2.24) is 5.32 Å². The molecule has 13 heavy (non-hydrogen) atoms. The highest BCUT2D eigenvalue weighted by Gasteiger charge is 2.10. The maximum absolute atomic E-state index is 11.1. The average molecular weight is 188 g/mol. The summed E-state index contributed by atoms with van der Waals surface area (Å²) < 4.78 is 4.40. The summed E-state index contributed by atoms with van der Waals surface area (Å²) in [5.74, 6) is -0.572. The van der Waals surface area contributed by atoms with Crippen LogP contribution in [0.2, 0.25) is 0 Å². The Bertz CT molecular complexity index is 182. The first-order chi connectivity index (χ1) is 6.11. The molecule has 5 heteroatoms. The average Bonchev–Trinajstić information content (AvgIpc) is 2.15. The van der Waals surface area contributed by atoms with Gasteiger partial charge in [-0.3, -0.25) is 9.59 Å². The second kappa shape index (κ2) is 6.42. The predicted molar refractivity (Wildman–Crippen MR) is 47.9 cm³/mol. The lowest BCUT2D eigenvalue weighted by Gasteiger charge is -2.08. The van der Waals surface area contributed by atoms with E-state index in [0.717, 1.165) is 0 Å². The molecular formula is C8H16N2O3. The zero-order chi connectivity index (χ0) is 10.3. The topological polar surface area (TPSA) is 81.4 Å². The molecule has 0 fully saturated rings. The number of rotatable bonds is 5. The molecule has 0 saturated heterocycles. The van der Waals surface area contributed by atoms with Gasteiger partial charge in [-0.15, -0.1) is 0 Å². The molecule has 1 unspecified atom stereocenters. The molecule has 0 spiro atoms. The van der Waals surface area contributed by atoms with Gasteiger partial charge in [-0.25, -0.2) is 0 Å². The fraction of sp³-hybridized carbons (Fsp3) is 0.750. The van der Waals surface area contributed by atoms with Crippen molar-refractivity contribution in [3.05, 3.63) is 0 Å². The molecule has 0 aliphatic rings. The Kier molecular flexibility index (Phi) is 5.88. The van der Waals surface area contributed by atoms with E-state index in [0.29, 0.717) is 6.42 Å². The quantitative estimate of drug-likeness (QED) is 0.565. The van der Waals surface area contributed by atoms with E-state index in [2.05, 4.69) is 10.1 Å². The van der Waals surface area contributed by atoms with E-state index in [-0.39, 0.29) is 24.8 Å². The lowest BCUT2D eigenvalue weighted by Crippen LogP contribution is -2.40. The number of amides is 1. The molecule has 0 heterocycles. The Labute approximate surface area is 77.6 Å². The summed E-state index contributed by atoms with van der Waals surface area (Å²) in [5.41, 5.74) is 5.44. The Morgan fingerprint density at radius 2 is 2.15 bits per heavy atom. The fourth-order valence-corrected chi connectivity index (χ4v) is 0.706. The van der Waals surface area contributed by atoms with Crippen LogP contribution in [0.1, 0.15) is 19.8 Å². The van der Waals surface area contributed by atoms with Gasteiger partial charge in [-0.05, 0) is 6.42 Å². The van der Waals surface area contributed by atoms with Gasteiger partial charge >= 0.3 is 5.97 Å². The van der Waals surface area contributed by atoms with Gasteiger partial charge < -0.3 is 15.8 Å². The van der Waals surface area contributed by atoms with Crippen molar-refractivity contribution in [3.63, 3.8) is 0 Å². The van der Waals surface area contributed by atoms with E-state index in [9.17, 15) is 9.59 Å². The number of carbonyl (C=O) groups is 2. The number of esters is 1. The van der Waals surface area contributed by atoms with Crippen molar-refractivity contribution >= 4 is 11.9 Å². The molecule has 3 N–H and O–H groups in total. The Morgan fingerprint density at radius 1 is 1.54 bits per heavy atom. The first-order valence-corrected chi connectivity index (χ1v) is 4.22. The summed E-state index contributed by atoms with van der Waals surface area (Å²) in [6.07, 6.45) is 0.767. The van der Waals surface area contributed by atoms with Gasteiger partial charge in [0.15, 0.2) is 0 Å². The monoisotopic (exact) mass is 188 g/mol. The third kappa shape index (κ3) is 5.19. The lowest BCUT2D eigenvalue weighted by atomic mass is 10.2. The maximum atomic E-state index is 11.1. The molecule has 1 amide bonds. The van der Waals surface area contributed by atoms with Gasteiger partial charge in [0.05, 0.1) is 19.6 Å². The van der Waals surface area contributed by atoms with Gasteiger partial charge in [0.25, 0.3) is 0 Å². The summed E-state index contributed by atoms with van der Waals surface area (Å²) >= 11 is 0. The number of nitrogens with one attached hydrogen (secondary N) is 1. The highest BCUT2D eigenvalue weighted by atomic mass is 16.5. The van der Waals surface area contributed by atoms with Crippen molar-refractivity contribution in [2.45, 2.75) is 25.8 Å². The minimum absolute atomic E-state index is 0.179. The number of methoxy groups -OCH3 is 1. The third-order valence-electron chi connectivity index (χ3n) is 1.63. The molecule has 0 bridgehead atoms. The second-order valence-electron chi connectivity index (χ2n) is 2.63. The van der Waals surface area contributed by atoms with Gasteiger partial charge in [0.1, 0.15) is 0 Å². The molecule has 0 aliphatic carbocycles. The van der Waals surface area contributed by atoms with Gasteiger partial charge in [-0.2, -0.15) is 0 Å². The van der Waals surface area contributed by atoms with E-state index in [1.807, 2.05) is 6.92 Å². The summed E-state index contributed by atoms with van der Waals surface area (Å²) in [6, 6.07) is -0.488. The first-order valence-electron chi connectivity index (χ1n) is 4.22. The van der Waals surface area contributed by atoms with Crippen molar-refractivity contribution in [3.8, 4) is 0 Å². The maximum Gasteiger partial charge on any atom is 0.307 e. The third-order valence-corrected chi connectivity index (χ3v) is 1.63. The van der Waals surface area contributed by atoms with Crippen LogP contribution in [0.5, 0.6) is 0 Å². The van der Waals surface area contributed by atoms with E-state index in [4.69, 9.17) is 5.73 Å². The molecule has 0 aliphatic heterocycles. The second-order valence-corrected chi connectivity index (χ2v) is 2.63. The van der Waals surface area contributed by atoms with Crippen molar-refractivity contribution in [2.24, 2.45) is 5.73 Å². The van der Waals surface area contributed by atoms with E-state index in [1.165, 1.54) is 7.11 Å². The molecule has 5 nitrogen and oxygen atoms in total. The number of carbonyl (C=O) groups excluding carboxylic acids is 2. The Balaban J connectivity index is 3.53. The fourth-order valence-electron chi connectivity index (χ4n) is 0.706. The molecule has 0 aromatic rings. The van der Waals surface area contributed by atoms with Crippen LogP contribution in [-0.2, 0) is 14.3 Å². The highest BCUT2D eigenvalue weighted by Crippen LogP contribution is 1.86. The van der Waals surface area contributed by atoms with Crippen LogP contribution in [0.15, 0.2) is 0 Å². The molecule has 76 valence electrons. The largest absolute Gasteiger partial charge is 0.469 e. The van der Waals surface area contributed by atoms with Crippen LogP contribution in [0.25, 0.3) is 0 Å². The number of ether oxygens (including phenoxy) is 1. The minimum Gasteiger partial charge on any atom is -0.469 e. The van der Waals surface area contributed by atoms with Crippen LogP contribution >= 0.6 is 0 Å². The van der Waals surface area contributed by atoms with Gasteiger partial charge in [0.2, 0.25) is 5.91 Å². The predicted octanol–water partition coefficient (Wildman–Crippen LogP) is -0.597. The zero-order valence-electron chi connectivity index (χ0n) is 8.00. The number of nitrogens with two attached hydrogens (primary N) is 1. The lowest BCUT2D eigenvalue weighted by molar-refractivity contribution is -0.140. The molecule has 1 atom stereocenters. The SMILES string of the molecule is CCC(N)C(=O)NCCC(=O)OC. The highest BCUT2D eigenvalue weighted by molar-refractivity contribution is 5.81. The molecule has 0 aromatic heterocycles. The van der Waals surface area contributed by atoms with Crippen molar-refractivity contribution in [2.75, 3.05) is 13.7 Å². The minimum atomic E-state index is -0.488. The standard InChI is InChI=1S/C8H16N2O3/c1-3-6(9)8(12)10-5-4-7(11)13-2/h6H,3-5,9H2,1-2H3,(H,10,12). The number of hydrogen-bond acceptors (Lipinski definition) is 4. The summed E-state index contributed by atoms with van der Waals surface area (Å²) in [4.78, 5) is 21.7. The molecule has 0 radical (unpaired) electrons. The first kappa shape index (κ1) is 11.9. The zero-order valence-corrected chi connectivity index (χ0v) is 8.00. The Hall–Kier alpha value is -1.10. The number of hydrogen-bond donors (Lipinski definition) is 2. The summed E-state index contributed by atoms with van der Waals surface area (Å²) in [6.45, 7) is 2.10. The normalized spacial score (nSPS) is 11.9. The smallest absolute Gasteiger partial charge is 0.307 e. The Morgan fingerprint density at radius 3 is 2.62 bits per heavy atom. The molecule has 0 saturated carbocycles. The van der Waals surface area contributed by atoms with Crippen molar-refractivity contribution in [1.29, 1.82) is 0 Å². The summed E-state index contributed by atoms with van der Waals surface area (Å²) in [7, 11) is 1.31. The van der Waals surface area contributed by atoms with E-state index in [1.54, 1.807) is 0 Å². The molecule has 0 rings (SSSR count). The van der Waals surface area contributed by atoms with Crippen molar-refractivity contribution < 1.29 is 14.3 Å². The van der Waals surface area contributed by atoms with E-state index < -0.39 is 6.04 Å². The van der Waals surface area contributed by atoms with Crippen LogP contribution in [0.4, 0.5) is 0 Å². The molecular weight excluding hydrogens is 172 g/mol. The van der Waals surface area contributed by atoms with Crippen LogP contribution < -0.4 is 11.1 Å². The summed E-state index contributed by atoms with van der Waals surface area (Å²) in [5, 5.41) is 2.53. The van der Waals surface area contributed by atoms with E-state index >= 15 is 0 Å². The van der Waals surface area contributed by atoms with Gasteiger partial charge in [0, 0.05) is 6.54 Å². The van der Waals surface area contributed by atoms with Gasteiger partial charge in [-0.1, -0.05) is 6.92 Å². The van der Waals surface area contributed by atoms with Crippen LogP contribution in [0.3, 0.4) is 0 Å². The van der Waals surface area contributed by atoms with Crippen LogP contribution in [-0.4, -0.2) is 31.6 Å². The molecule has 0 aromatic carbocycles. The van der Waals surface area contributed by atoms with Crippen LogP contribution in [0, 0.1) is 0 Å².